The molecule has 2 saturated heterocycles. The molecule has 2 unspecified atom stereocenters. The van der Waals surface area contributed by atoms with E-state index in [2.05, 4.69) is 24.1 Å². The topological polar surface area (TPSA) is 32.3 Å². The Bertz CT molecular complexity index is 272. The predicted octanol–water partition coefficient (Wildman–Crippen LogP) is 2.27. The number of carbonyl (C=O) groups is 1. The summed E-state index contributed by atoms with van der Waals surface area (Å²) in [6.45, 7) is 8.57. The van der Waals surface area contributed by atoms with Gasteiger partial charge in [-0.25, -0.2) is 0 Å². The van der Waals surface area contributed by atoms with Gasteiger partial charge in [-0.3, -0.25) is 4.79 Å². The van der Waals surface area contributed by atoms with Gasteiger partial charge in [0.2, 0.25) is 5.91 Å². The summed E-state index contributed by atoms with van der Waals surface area (Å²) in [5.41, 5.74) is 0. The minimum absolute atomic E-state index is 0.245. The van der Waals surface area contributed by atoms with Crippen LogP contribution in [-0.2, 0) is 4.79 Å². The quantitative estimate of drug-likeness (QED) is 0.817. The molecule has 2 rings (SSSR count). The van der Waals surface area contributed by atoms with Crippen LogP contribution in [0, 0.1) is 17.8 Å². The van der Waals surface area contributed by atoms with Crippen molar-refractivity contribution in [2.45, 2.75) is 46.0 Å². The van der Waals surface area contributed by atoms with Crippen molar-refractivity contribution in [3.8, 4) is 0 Å². The molecule has 1 amide bonds. The summed E-state index contributed by atoms with van der Waals surface area (Å²) in [6.07, 6.45) is 5.91. The molecule has 0 spiro atoms. The number of hydrogen-bond acceptors (Lipinski definition) is 2. The van der Waals surface area contributed by atoms with E-state index < -0.39 is 0 Å². The van der Waals surface area contributed by atoms with E-state index in [0.717, 1.165) is 50.9 Å². The zero-order chi connectivity index (χ0) is 13.0. The normalized spacial score (nSPS) is 30.3. The Hall–Kier alpha value is -0.570. The lowest BCUT2D eigenvalue weighted by Crippen LogP contribution is -2.43. The molecule has 2 aliphatic rings. The first-order valence-corrected chi connectivity index (χ1v) is 7.68. The number of likely N-dealkylation sites (tertiary alicyclic amines) is 1. The molecular formula is C15H28N2O. The molecule has 2 heterocycles. The lowest BCUT2D eigenvalue weighted by molar-refractivity contribution is -0.136. The summed E-state index contributed by atoms with van der Waals surface area (Å²) in [4.78, 5) is 14.6. The van der Waals surface area contributed by atoms with Crippen LogP contribution in [0.2, 0.25) is 0 Å². The van der Waals surface area contributed by atoms with Gasteiger partial charge in [-0.15, -0.1) is 0 Å². The molecule has 3 heteroatoms. The third-order valence-electron chi connectivity index (χ3n) is 4.67. The van der Waals surface area contributed by atoms with E-state index in [1.165, 1.54) is 19.3 Å². The van der Waals surface area contributed by atoms with E-state index in [1.54, 1.807) is 0 Å². The zero-order valence-electron chi connectivity index (χ0n) is 12.0. The number of rotatable bonds is 2. The molecule has 0 aliphatic carbocycles. The Morgan fingerprint density at radius 1 is 1.17 bits per heavy atom. The summed E-state index contributed by atoms with van der Waals surface area (Å²) >= 11 is 0. The second-order valence-corrected chi connectivity index (χ2v) is 6.30. The van der Waals surface area contributed by atoms with Crippen LogP contribution in [0.25, 0.3) is 0 Å². The van der Waals surface area contributed by atoms with Gasteiger partial charge in [0, 0.05) is 19.6 Å². The lowest BCUT2D eigenvalue weighted by atomic mass is 9.89. The van der Waals surface area contributed by atoms with E-state index in [9.17, 15) is 4.79 Å². The molecule has 0 aromatic heterocycles. The van der Waals surface area contributed by atoms with Crippen LogP contribution >= 0.6 is 0 Å². The SMILES string of the molecule is CC(C)C1CCCN(C(=O)C2CCCNC2)CC1. The van der Waals surface area contributed by atoms with Crippen molar-refractivity contribution < 1.29 is 4.79 Å². The number of piperidine rings is 1. The van der Waals surface area contributed by atoms with E-state index in [4.69, 9.17) is 0 Å². The fraction of sp³-hybridized carbons (Fsp3) is 0.933. The molecule has 2 aliphatic heterocycles. The molecular weight excluding hydrogens is 224 g/mol. The molecule has 2 atom stereocenters. The minimum atomic E-state index is 0.245. The zero-order valence-corrected chi connectivity index (χ0v) is 12.0. The Balaban J connectivity index is 1.86. The van der Waals surface area contributed by atoms with Gasteiger partial charge >= 0.3 is 0 Å². The summed E-state index contributed by atoms with van der Waals surface area (Å²) in [7, 11) is 0. The van der Waals surface area contributed by atoms with Gasteiger partial charge in [0.15, 0.2) is 0 Å². The highest BCUT2D eigenvalue weighted by Gasteiger charge is 2.28. The monoisotopic (exact) mass is 252 g/mol. The molecule has 104 valence electrons. The van der Waals surface area contributed by atoms with Crippen LogP contribution in [-0.4, -0.2) is 37.0 Å². The highest BCUT2D eigenvalue weighted by atomic mass is 16.2. The number of nitrogens with zero attached hydrogens (tertiary/aromatic N) is 1. The fourth-order valence-electron chi connectivity index (χ4n) is 3.33. The maximum atomic E-state index is 12.5. The molecule has 0 bridgehead atoms. The van der Waals surface area contributed by atoms with Crippen LogP contribution in [0.5, 0.6) is 0 Å². The molecule has 1 N–H and O–H groups in total. The number of amides is 1. The van der Waals surface area contributed by atoms with Crippen molar-refractivity contribution in [2.75, 3.05) is 26.2 Å². The van der Waals surface area contributed by atoms with Crippen LogP contribution in [0.1, 0.15) is 46.0 Å². The fourth-order valence-corrected chi connectivity index (χ4v) is 3.33. The van der Waals surface area contributed by atoms with Gasteiger partial charge in [-0.2, -0.15) is 0 Å². The van der Waals surface area contributed by atoms with Crippen LogP contribution in [0.3, 0.4) is 0 Å². The molecule has 0 radical (unpaired) electrons. The Morgan fingerprint density at radius 3 is 2.67 bits per heavy atom. The number of nitrogens with one attached hydrogen (secondary N) is 1. The van der Waals surface area contributed by atoms with Gasteiger partial charge < -0.3 is 10.2 Å². The van der Waals surface area contributed by atoms with Crippen molar-refractivity contribution in [1.82, 2.24) is 10.2 Å². The molecule has 0 aromatic carbocycles. The summed E-state index contributed by atoms with van der Waals surface area (Å²) < 4.78 is 0. The predicted molar refractivity (Wildman–Crippen MR) is 74.4 cm³/mol. The third-order valence-corrected chi connectivity index (χ3v) is 4.67. The number of carbonyl (C=O) groups excluding carboxylic acids is 1. The Labute approximate surface area is 111 Å². The van der Waals surface area contributed by atoms with Gasteiger partial charge in [0.1, 0.15) is 0 Å². The molecule has 3 nitrogen and oxygen atoms in total. The van der Waals surface area contributed by atoms with Gasteiger partial charge in [-0.1, -0.05) is 13.8 Å². The summed E-state index contributed by atoms with van der Waals surface area (Å²) in [5, 5.41) is 3.35. The average molecular weight is 252 g/mol. The largest absolute Gasteiger partial charge is 0.342 e. The lowest BCUT2D eigenvalue weighted by Gasteiger charge is -2.29. The molecule has 0 saturated carbocycles. The van der Waals surface area contributed by atoms with E-state index in [1.807, 2.05) is 0 Å². The first kappa shape index (κ1) is 13.9. The first-order chi connectivity index (χ1) is 8.68. The van der Waals surface area contributed by atoms with Gasteiger partial charge in [-0.05, 0) is 50.5 Å². The van der Waals surface area contributed by atoms with E-state index >= 15 is 0 Å². The Kier molecular flexibility index (Phi) is 5.04. The second kappa shape index (κ2) is 6.55. The van der Waals surface area contributed by atoms with Crippen molar-refractivity contribution in [3.05, 3.63) is 0 Å². The van der Waals surface area contributed by atoms with E-state index in [0.29, 0.717) is 5.91 Å². The van der Waals surface area contributed by atoms with Crippen molar-refractivity contribution >= 4 is 5.91 Å². The highest BCUT2D eigenvalue weighted by Crippen LogP contribution is 2.25. The van der Waals surface area contributed by atoms with Gasteiger partial charge in [0.05, 0.1) is 5.92 Å². The number of hydrogen-bond donors (Lipinski definition) is 1. The smallest absolute Gasteiger partial charge is 0.226 e. The average Bonchev–Trinajstić information content (AvgIpc) is 2.64. The second-order valence-electron chi connectivity index (χ2n) is 6.30. The van der Waals surface area contributed by atoms with E-state index in [-0.39, 0.29) is 5.92 Å². The van der Waals surface area contributed by atoms with Crippen LogP contribution in [0.4, 0.5) is 0 Å². The Morgan fingerprint density at radius 2 is 2.00 bits per heavy atom. The van der Waals surface area contributed by atoms with Crippen molar-refractivity contribution in [3.63, 3.8) is 0 Å². The maximum absolute atomic E-state index is 12.5. The van der Waals surface area contributed by atoms with Crippen LogP contribution < -0.4 is 5.32 Å². The standard InChI is InChI=1S/C15H28N2O/c1-12(2)13-6-4-9-17(10-7-13)15(18)14-5-3-8-16-11-14/h12-14,16H,3-11H2,1-2H3. The summed E-state index contributed by atoms with van der Waals surface area (Å²) in [5.74, 6) is 2.23. The molecule has 2 fully saturated rings. The summed E-state index contributed by atoms with van der Waals surface area (Å²) in [6, 6.07) is 0. The van der Waals surface area contributed by atoms with Crippen LogP contribution in [0.15, 0.2) is 0 Å². The van der Waals surface area contributed by atoms with Gasteiger partial charge in [0.25, 0.3) is 0 Å². The third kappa shape index (κ3) is 3.47. The molecule has 0 aromatic rings. The molecule has 18 heavy (non-hydrogen) atoms. The minimum Gasteiger partial charge on any atom is -0.342 e. The first-order valence-electron chi connectivity index (χ1n) is 7.68. The highest BCUT2D eigenvalue weighted by molar-refractivity contribution is 5.79. The van der Waals surface area contributed by atoms with Crippen molar-refractivity contribution in [1.29, 1.82) is 0 Å². The maximum Gasteiger partial charge on any atom is 0.226 e. The van der Waals surface area contributed by atoms with Crippen molar-refractivity contribution in [2.24, 2.45) is 17.8 Å².